The van der Waals surface area contributed by atoms with Crippen molar-refractivity contribution in [3.8, 4) is 0 Å². The molecule has 116 valence electrons. The average molecular weight is 304 g/mol. The van der Waals surface area contributed by atoms with Crippen LogP contribution in [0.4, 0.5) is 4.79 Å². The first-order valence-electron chi connectivity index (χ1n) is 6.75. The maximum absolute atomic E-state index is 11.8. The van der Waals surface area contributed by atoms with Crippen molar-refractivity contribution in [1.29, 1.82) is 0 Å². The van der Waals surface area contributed by atoms with Crippen molar-refractivity contribution in [3.05, 3.63) is 0 Å². The van der Waals surface area contributed by atoms with E-state index in [1.165, 1.54) is 16.8 Å². The van der Waals surface area contributed by atoms with Gasteiger partial charge in [-0.3, -0.25) is 4.79 Å². The van der Waals surface area contributed by atoms with Crippen LogP contribution < -0.4 is 0 Å². The van der Waals surface area contributed by atoms with Crippen molar-refractivity contribution in [2.45, 2.75) is 32.8 Å². The number of hydrogen-bond acceptors (Lipinski definition) is 6. The van der Waals surface area contributed by atoms with E-state index in [0.717, 1.165) is 13.1 Å². The van der Waals surface area contributed by atoms with E-state index in [9.17, 15) is 9.59 Å². The molecule has 1 aliphatic heterocycles. The Balaban J connectivity index is 2.24. The average Bonchev–Trinajstić information content (AvgIpc) is 2.35. The van der Waals surface area contributed by atoms with Gasteiger partial charge >= 0.3 is 6.09 Å². The standard InChI is InChI=1S/C13H24N2O4S/c1-13(2,3)19-12(17)14(4)6-5-11(16)20-15-7-9-18-10-8-15/h5-10H2,1-4H3. The number of carbonyl (C=O) groups is 2. The first-order valence-corrected chi connectivity index (χ1v) is 7.53. The zero-order valence-electron chi connectivity index (χ0n) is 12.7. The van der Waals surface area contributed by atoms with Gasteiger partial charge < -0.3 is 14.4 Å². The molecule has 0 aromatic heterocycles. The van der Waals surface area contributed by atoms with Gasteiger partial charge in [0.1, 0.15) is 5.60 Å². The summed E-state index contributed by atoms with van der Waals surface area (Å²) in [5.41, 5.74) is -0.516. The van der Waals surface area contributed by atoms with E-state index in [-0.39, 0.29) is 5.12 Å². The second kappa shape index (κ2) is 7.85. The summed E-state index contributed by atoms with van der Waals surface area (Å²) in [7, 11) is 1.64. The molecule has 0 aliphatic carbocycles. The van der Waals surface area contributed by atoms with E-state index in [0.29, 0.717) is 26.2 Å². The third-order valence-electron chi connectivity index (χ3n) is 2.56. The normalized spacial score (nSPS) is 16.8. The lowest BCUT2D eigenvalue weighted by Crippen LogP contribution is -2.36. The minimum Gasteiger partial charge on any atom is -0.444 e. The summed E-state index contributed by atoms with van der Waals surface area (Å²) in [6, 6.07) is 0. The topological polar surface area (TPSA) is 59.1 Å². The molecule has 0 aromatic carbocycles. The molecule has 1 amide bonds. The fourth-order valence-electron chi connectivity index (χ4n) is 1.52. The highest BCUT2D eigenvalue weighted by Crippen LogP contribution is 2.15. The van der Waals surface area contributed by atoms with Crippen molar-refractivity contribution >= 4 is 23.2 Å². The van der Waals surface area contributed by atoms with Crippen LogP contribution in [0.3, 0.4) is 0 Å². The number of hydrogen-bond donors (Lipinski definition) is 0. The summed E-state index contributed by atoms with van der Waals surface area (Å²) in [5.74, 6) is 0. The number of nitrogens with zero attached hydrogens (tertiary/aromatic N) is 2. The van der Waals surface area contributed by atoms with E-state index in [1.807, 2.05) is 25.1 Å². The Morgan fingerprint density at radius 3 is 2.45 bits per heavy atom. The van der Waals surface area contributed by atoms with Crippen molar-refractivity contribution in [1.82, 2.24) is 9.21 Å². The molecule has 0 atom stereocenters. The van der Waals surface area contributed by atoms with Gasteiger partial charge in [-0.05, 0) is 32.7 Å². The summed E-state index contributed by atoms with van der Waals surface area (Å²) in [6.07, 6.45) is -0.0840. The lowest BCUT2D eigenvalue weighted by Gasteiger charge is -2.26. The third kappa shape index (κ3) is 7.12. The van der Waals surface area contributed by atoms with Gasteiger partial charge in [0.05, 0.1) is 13.2 Å². The number of rotatable bonds is 4. The molecule has 0 aromatic rings. The maximum atomic E-state index is 11.8. The number of morpholine rings is 1. The Kier molecular flexibility index (Phi) is 6.78. The van der Waals surface area contributed by atoms with Gasteiger partial charge in [-0.2, -0.15) is 0 Å². The molecule has 0 N–H and O–H groups in total. The molecule has 1 saturated heterocycles. The Hall–Kier alpha value is -0.790. The molecule has 0 saturated carbocycles. The summed E-state index contributed by atoms with van der Waals surface area (Å²) < 4.78 is 12.4. The lowest BCUT2D eigenvalue weighted by atomic mass is 10.2. The highest BCUT2D eigenvalue weighted by Gasteiger charge is 2.21. The van der Waals surface area contributed by atoms with Crippen molar-refractivity contribution in [3.63, 3.8) is 0 Å². The molecular formula is C13H24N2O4S. The van der Waals surface area contributed by atoms with Gasteiger partial charge in [-0.25, -0.2) is 9.10 Å². The minimum atomic E-state index is -0.516. The molecule has 1 aliphatic rings. The summed E-state index contributed by atoms with van der Waals surface area (Å²) in [6.45, 7) is 8.67. The predicted molar refractivity (Wildman–Crippen MR) is 78.5 cm³/mol. The van der Waals surface area contributed by atoms with Crippen molar-refractivity contribution < 1.29 is 19.1 Å². The largest absolute Gasteiger partial charge is 0.444 e. The van der Waals surface area contributed by atoms with Gasteiger partial charge in [0.15, 0.2) is 0 Å². The Labute approximate surface area is 124 Å². The van der Waals surface area contributed by atoms with Crippen LogP contribution in [0, 0.1) is 0 Å². The van der Waals surface area contributed by atoms with Crippen LogP contribution in [0.2, 0.25) is 0 Å². The lowest BCUT2D eigenvalue weighted by molar-refractivity contribution is -0.111. The van der Waals surface area contributed by atoms with E-state index in [1.54, 1.807) is 7.05 Å². The highest BCUT2D eigenvalue weighted by atomic mass is 32.2. The number of ether oxygens (including phenoxy) is 2. The van der Waals surface area contributed by atoms with Crippen LogP contribution in [0.25, 0.3) is 0 Å². The molecule has 0 radical (unpaired) electrons. The van der Waals surface area contributed by atoms with Crippen LogP contribution in [0.15, 0.2) is 0 Å². The first kappa shape index (κ1) is 17.3. The molecule has 0 unspecified atom stereocenters. The van der Waals surface area contributed by atoms with Gasteiger partial charge in [0.25, 0.3) is 0 Å². The second-order valence-electron chi connectivity index (χ2n) is 5.66. The van der Waals surface area contributed by atoms with E-state index in [4.69, 9.17) is 9.47 Å². The molecule has 1 fully saturated rings. The summed E-state index contributed by atoms with van der Waals surface area (Å²) in [5, 5.41) is 0.0577. The second-order valence-corrected chi connectivity index (χ2v) is 6.81. The molecule has 1 heterocycles. The van der Waals surface area contributed by atoms with Crippen LogP contribution in [0.5, 0.6) is 0 Å². The summed E-state index contributed by atoms with van der Waals surface area (Å²) >= 11 is 1.22. The molecule has 7 heteroatoms. The third-order valence-corrected chi connectivity index (χ3v) is 3.59. The molecule has 6 nitrogen and oxygen atoms in total. The number of carbonyl (C=O) groups excluding carboxylic acids is 2. The van der Waals surface area contributed by atoms with Gasteiger partial charge in [0.2, 0.25) is 5.12 Å². The van der Waals surface area contributed by atoms with Crippen molar-refractivity contribution in [2.75, 3.05) is 39.9 Å². The molecule has 0 bridgehead atoms. The molecule has 20 heavy (non-hydrogen) atoms. The first-order chi connectivity index (χ1) is 9.28. The fraction of sp³-hybridized carbons (Fsp3) is 0.846. The van der Waals surface area contributed by atoms with E-state index < -0.39 is 11.7 Å². The maximum Gasteiger partial charge on any atom is 0.410 e. The van der Waals surface area contributed by atoms with Gasteiger partial charge in [-0.15, -0.1) is 0 Å². The summed E-state index contributed by atoms with van der Waals surface area (Å²) in [4.78, 5) is 25.0. The fourth-order valence-corrected chi connectivity index (χ4v) is 2.32. The smallest absolute Gasteiger partial charge is 0.410 e. The zero-order valence-corrected chi connectivity index (χ0v) is 13.5. The minimum absolute atomic E-state index is 0.0577. The van der Waals surface area contributed by atoms with E-state index in [2.05, 4.69) is 0 Å². The Bertz CT molecular complexity index is 338. The van der Waals surface area contributed by atoms with Gasteiger partial charge in [-0.1, -0.05) is 0 Å². The SMILES string of the molecule is CN(CCC(=O)SN1CCOCC1)C(=O)OC(C)(C)C. The number of amides is 1. The predicted octanol–water partition coefficient (Wildman–Crippen LogP) is 1.75. The molecular weight excluding hydrogens is 280 g/mol. The Morgan fingerprint density at radius 2 is 1.90 bits per heavy atom. The molecule has 1 rings (SSSR count). The van der Waals surface area contributed by atoms with E-state index >= 15 is 0 Å². The van der Waals surface area contributed by atoms with Crippen molar-refractivity contribution in [2.24, 2.45) is 0 Å². The van der Waals surface area contributed by atoms with Crippen LogP contribution in [0.1, 0.15) is 27.2 Å². The van der Waals surface area contributed by atoms with Crippen LogP contribution in [-0.2, 0) is 14.3 Å². The molecule has 0 spiro atoms. The monoisotopic (exact) mass is 304 g/mol. The van der Waals surface area contributed by atoms with Crippen LogP contribution >= 0.6 is 11.9 Å². The van der Waals surface area contributed by atoms with Gasteiger partial charge in [0, 0.05) is 33.1 Å². The Morgan fingerprint density at radius 1 is 1.30 bits per heavy atom. The quantitative estimate of drug-likeness (QED) is 0.738. The highest BCUT2D eigenvalue weighted by molar-refractivity contribution is 8.11. The van der Waals surface area contributed by atoms with Crippen LogP contribution in [-0.4, -0.2) is 65.9 Å². The zero-order chi connectivity index (χ0) is 15.2.